The molecule has 16 heavy (non-hydrogen) atoms. The van der Waals surface area contributed by atoms with Gasteiger partial charge in [0.2, 0.25) is 0 Å². The van der Waals surface area contributed by atoms with Gasteiger partial charge >= 0.3 is 7.60 Å². The molecule has 0 saturated carbocycles. The number of allylic oxidation sites excluding steroid dienone is 1. The van der Waals surface area contributed by atoms with E-state index in [1.165, 1.54) is 14.2 Å². The molecule has 0 radical (unpaired) electrons. The van der Waals surface area contributed by atoms with Crippen molar-refractivity contribution in [1.29, 1.82) is 0 Å². The van der Waals surface area contributed by atoms with Crippen LogP contribution < -0.4 is 0 Å². The van der Waals surface area contributed by atoms with E-state index in [0.717, 1.165) is 0 Å². The van der Waals surface area contributed by atoms with Gasteiger partial charge in [-0.15, -0.1) is 0 Å². The van der Waals surface area contributed by atoms with Crippen LogP contribution in [0.4, 0.5) is 0 Å². The highest BCUT2D eigenvalue weighted by atomic mass is 31.2. The van der Waals surface area contributed by atoms with Gasteiger partial charge in [0.15, 0.2) is 0 Å². The van der Waals surface area contributed by atoms with Crippen LogP contribution in [0.25, 0.3) is 0 Å². The molecule has 96 valence electrons. The van der Waals surface area contributed by atoms with Crippen LogP contribution in [0.15, 0.2) is 11.1 Å². The van der Waals surface area contributed by atoms with E-state index >= 15 is 0 Å². The topological polar surface area (TPSA) is 54.0 Å². The number of ether oxygens (including phenoxy) is 2. The van der Waals surface area contributed by atoms with Gasteiger partial charge in [-0.3, -0.25) is 4.57 Å². The molecule has 0 unspecified atom stereocenters. The van der Waals surface area contributed by atoms with Crippen LogP contribution >= 0.6 is 7.60 Å². The maximum atomic E-state index is 12.4. The first kappa shape index (κ1) is 15.7. The molecule has 0 fully saturated rings. The number of rotatable bonds is 8. The van der Waals surface area contributed by atoms with Gasteiger partial charge in [0.05, 0.1) is 26.9 Å². The van der Waals surface area contributed by atoms with Crippen molar-refractivity contribution in [2.24, 2.45) is 0 Å². The van der Waals surface area contributed by atoms with E-state index in [1.54, 1.807) is 20.8 Å². The van der Waals surface area contributed by atoms with E-state index in [9.17, 15) is 4.57 Å². The Kier molecular flexibility index (Phi) is 7.68. The number of hydrogen-bond donors (Lipinski definition) is 0. The lowest BCUT2D eigenvalue weighted by atomic mass is 10.5. The van der Waals surface area contributed by atoms with E-state index in [2.05, 4.69) is 0 Å². The van der Waals surface area contributed by atoms with Gasteiger partial charge in [0, 0.05) is 7.11 Å². The van der Waals surface area contributed by atoms with Gasteiger partial charge in [0.1, 0.15) is 11.1 Å². The fourth-order valence-electron chi connectivity index (χ4n) is 1.16. The van der Waals surface area contributed by atoms with Crippen LogP contribution in [0.2, 0.25) is 0 Å². The highest BCUT2D eigenvalue weighted by Gasteiger charge is 2.32. The number of hydrogen-bond acceptors (Lipinski definition) is 5. The smallest absolute Gasteiger partial charge is 0.363 e. The Bertz CT molecular complexity index is 264. The summed E-state index contributed by atoms with van der Waals surface area (Å²) in [6, 6.07) is 0. The zero-order valence-electron chi connectivity index (χ0n) is 10.6. The van der Waals surface area contributed by atoms with Gasteiger partial charge < -0.3 is 18.5 Å². The first-order valence-corrected chi connectivity index (χ1v) is 6.72. The van der Waals surface area contributed by atoms with Crippen molar-refractivity contribution < 1.29 is 23.1 Å². The fourth-order valence-corrected chi connectivity index (χ4v) is 2.99. The summed E-state index contributed by atoms with van der Waals surface area (Å²) in [7, 11) is -0.263. The molecule has 0 aliphatic heterocycles. The van der Waals surface area contributed by atoms with Crippen LogP contribution in [0.1, 0.15) is 20.8 Å². The van der Waals surface area contributed by atoms with Gasteiger partial charge in [-0.25, -0.2) is 0 Å². The van der Waals surface area contributed by atoms with Crippen molar-refractivity contribution in [2.45, 2.75) is 20.8 Å². The molecule has 0 heterocycles. The fraction of sp³-hybridized carbons (Fsp3) is 0.800. The van der Waals surface area contributed by atoms with E-state index in [4.69, 9.17) is 18.5 Å². The Morgan fingerprint density at radius 1 is 1.12 bits per heavy atom. The predicted octanol–water partition coefficient (Wildman–Crippen LogP) is 2.78. The summed E-state index contributed by atoms with van der Waals surface area (Å²) < 4.78 is 33.0. The molecular weight excluding hydrogens is 231 g/mol. The van der Waals surface area contributed by atoms with Crippen molar-refractivity contribution >= 4 is 7.60 Å². The molecule has 0 aliphatic carbocycles. The lowest BCUT2D eigenvalue weighted by Crippen LogP contribution is -2.06. The third kappa shape index (κ3) is 4.26. The van der Waals surface area contributed by atoms with E-state index in [-0.39, 0.29) is 6.61 Å². The summed E-state index contributed by atoms with van der Waals surface area (Å²) in [5.41, 5.74) is 0. The lowest BCUT2D eigenvalue weighted by molar-refractivity contribution is 0.193. The van der Waals surface area contributed by atoms with Crippen molar-refractivity contribution in [3.8, 4) is 0 Å². The third-order valence-corrected chi connectivity index (χ3v) is 4.22. The Hall–Kier alpha value is -0.350. The molecule has 5 nitrogen and oxygen atoms in total. The van der Waals surface area contributed by atoms with Gasteiger partial charge in [-0.2, -0.15) is 0 Å². The standard InChI is InChI=1S/C10H21O5P/c1-6-14-16(11,15-7-2)10(8-12-4)9(3)13-5/h6-8H2,1-5H3/b10-9-. The van der Waals surface area contributed by atoms with Gasteiger partial charge in [0.25, 0.3) is 0 Å². The average molecular weight is 252 g/mol. The molecule has 0 atom stereocenters. The molecule has 0 aliphatic rings. The largest absolute Gasteiger partial charge is 0.501 e. The molecule has 0 amide bonds. The lowest BCUT2D eigenvalue weighted by Gasteiger charge is -2.21. The van der Waals surface area contributed by atoms with Crippen molar-refractivity contribution in [2.75, 3.05) is 34.0 Å². The second-order valence-electron chi connectivity index (χ2n) is 2.97. The summed E-state index contributed by atoms with van der Waals surface area (Å²) >= 11 is 0. The first-order chi connectivity index (χ1) is 7.55. The average Bonchev–Trinajstić information content (AvgIpc) is 2.25. The molecule has 0 spiro atoms. The van der Waals surface area contributed by atoms with Crippen LogP contribution in [-0.2, 0) is 23.1 Å². The molecule has 6 heteroatoms. The molecule has 0 aromatic rings. The van der Waals surface area contributed by atoms with Crippen LogP contribution in [0, 0.1) is 0 Å². The Balaban J connectivity index is 5.18. The normalized spacial score (nSPS) is 13.6. The van der Waals surface area contributed by atoms with Crippen LogP contribution in [0.5, 0.6) is 0 Å². The molecule has 0 rings (SSSR count). The Morgan fingerprint density at radius 3 is 1.94 bits per heavy atom. The molecule has 0 aromatic carbocycles. The number of methoxy groups -OCH3 is 2. The summed E-state index contributed by atoms with van der Waals surface area (Å²) in [5.74, 6) is 0.507. The zero-order chi connectivity index (χ0) is 12.6. The summed E-state index contributed by atoms with van der Waals surface area (Å²) in [4.78, 5) is 0. The Labute approximate surface area is 97.3 Å². The SMILES string of the molecule is CCOP(=O)(OCC)/C(COC)=C(/C)OC. The second kappa shape index (κ2) is 7.85. The van der Waals surface area contributed by atoms with E-state index < -0.39 is 7.60 Å². The monoisotopic (exact) mass is 252 g/mol. The maximum absolute atomic E-state index is 12.4. The minimum absolute atomic E-state index is 0.164. The second-order valence-corrected chi connectivity index (χ2v) is 5.02. The summed E-state index contributed by atoms with van der Waals surface area (Å²) in [5, 5.41) is 0.432. The molecule has 0 saturated heterocycles. The highest BCUT2D eigenvalue weighted by Crippen LogP contribution is 2.57. The minimum Gasteiger partial charge on any atom is -0.501 e. The minimum atomic E-state index is -3.29. The Morgan fingerprint density at radius 2 is 1.62 bits per heavy atom. The molecule has 0 bridgehead atoms. The molecule has 0 N–H and O–H groups in total. The van der Waals surface area contributed by atoms with Crippen molar-refractivity contribution in [3.63, 3.8) is 0 Å². The first-order valence-electron chi connectivity index (χ1n) is 5.18. The van der Waals surface area contributed by atoms with Crippen molar-refractivity contribution in [3.05, 3.63) is 11.1 Å². The summed E-state index contributed by atoms with van der Waals surface area (Å²) in [6.07, 6.45) is 0. The quantitative estimate of drug-likeness (QED) is 0.491. The van der Waals surface area contributed by atoms with Crippen molar-refractivity contribution in [1.82, 2.24) is 0 Å². The van der Waals surface area contributed by atoms with E-state index in [0.29, 0.717) is 24.3 Å². The van der Waals surface area contributed by atoms with Gasteiger partial charge in [-0.05, 0) is 20.8 Å². The highest BCUT2D eigenvalue weighted by molar-refractivity contribution is 7.58. The molecular formula is C10H21O5P. The maximum Gasteiger partial charge on any atom is 0.363 e. The zero-order valence-corrected chi connectivity index (χ0v) is 11.5. The van der Waals surface area contributed by atoms with Crippen LogP contribution in [-0.4, -0.2) is 34.0 Å². The molecule has 0 aromatic heterocycles. The van der Waals surface area contributed by atoms with Gasteiger partial charge in [-0.1, -0.05) is 0 Å². The van der Waals surface area contributed by atoms with Crippen LogP contribution in [0.3, 0.4) is 0 Å². The third-order valence-electron chi connectivity index (χ3n) is 1.92. The van der Waals surface area contributed by atoms with E-state index in [1.807, 2.05) is 0 Å². The predicted molar refractivity (Wildman–Crippen MR) is 62.4 cm³/mol. The summed E-state index contributed by atoms with van der Waals surface area (Å²) in [6.45, 7) is 6.01.